The average Bonchev–Trinajstić information content (AvgIpc) is 2.91. The van der Waals surface area contributed by atoms with Crippen LogP contribution in [0, 0.1) is 5.41 Å². The fourth-order valence-electron chi connectivity index (χ4n) is 2.32. The Kier molecular flexibility index (Phi) is 6.65. The molecule has 0 unspecified atom stereocenters. The zero-order chi connectivity index (χ0) is 13.7. The van der Waals surface area contributed by atoms with Gasteiger partial charge in [-0.05, 0) is 44.7 Å². The van der Waals surface area contributed by atoms with Crippen LogP contribution in [0.1, 0.15) is 38.2 Å². The van der Waals surface area contributed by atoms with Crippen molar-refractivity contribution in [3.8, 4) is 11.5 Å². The molecule has 2 rings (SSSR count). The molecule has 1 N–H and O–H groups in total. The minimum Gasteiger partial charge on any atom is -0.497 e. The second-order valence-electron chi connectivity index (χ2n) is 4.65. The predicted octanol–water partition coefficient (Wildman–Crippen LogP) is 3.80. The molecule has 0 amide bonds. The molecular weight excluding hydrogens is 278 g/mol. The van der Waals surface area contributed by atoms with E-state index in [1.54, 1.807) is 7.11 Å². The van der Waals surface area contributed by atoms with Crippen LogP contribution in [-0.4, -0.2) is 25.7 Å². The summed E-state index contributed by atoms with van der Waals surface area (Å²) in [4.78, 5) is 0. The van der Waals surface area contributed by atoms with E-state index >= 15 is 0 Å². The normalized spacial score (nSPS) is 14.5. The van der Waals surface area contributed by atoms with Crippen molar-refractivity contribution in [3.05, 3.63) is 23.8 Å². The quantitative estimate of drug-likeness (QED) is 0.664. The van der Waals surface area contributed by atoms with E-state index in [4.69, 9.17) is 19.6 Å². The van der Waals surface area contributed by atoms with Crippen molar-refractivity contribution in [1.82, 2.24) is 0 Å². The number of methoxy groups -OCH3 is 1. The lowest BCUT2D eigenvalue weighted by molar-refractivity contribution is 0.207. The lowest BCUT2D eigenvalue weighted by Gasteiger charge is -2.17. The third-order valence-corrected chi connectivity index (χ3v) is 3.32. The Morgan fingerprint density at radius 3 is 2.60 bits per heavy atom. The van der Waals surface area contributed by atoms with E-state index in [9.17, 15) is 0 Å². The molecule has 20 heavy (non-hydrogen) atoms. The van der Waals surface area contributed by atoms with E-state index in [1.165, 1.54) is 12.8 Å². The monoisotopic (exact) mass is 299 g/mol. The highest BCUT2D eigenvalue weighted by Gasteiger charge is 2.20. The summed E-state index contributed by atoms with van der Waals surface area (Å²) in [5, 5.41) is 7.93. The summed E-state index contributed by atoms with van der Waals surface area (Å²) in [5.74, 6) is 1.57. The SMILES string of the molecule is CCOC(=N)c1ccc(OC)cc1OC1CCCC1.Cl. The van der Waals surface area contributed by atoms with Crippen molar-refractivity contribution in [2.45, 2.75) is 38.7 Å². The van der Waals surface area contributed by atoms with Crippen LogP contribution in [0.4, 0.5) is 0 Å². The Hall–Kier alpha value is -1.42. The van der Waals surface area contributed by atoms with Crippen molar-refractivity contribution >= 4 is 18.3 Å². The molecule has 1 aliphatic carbocycles. The second-order valence-corrected chi connectivity index (χ2v) is 4.65. The maximum absolute atomic E-state index is 7.93. The molecule has 112 valence electrons. The number of hydrogen-bond donors (Lipinski definition) is 1. The van der Waals surface area contributed by atoms with Gasteiger partial charge in [-0.3, -0.25) is 5.41 Å². The number of rotatable bonds is 5. The highest BCUT2D eigenvalue weighted by molar-refractivity contribution is 5.94. The maximum atomic E-state index is 7.93. The Balaban J connectivity index is 0.00000200. The zero-order valence-electron chi connectivity index (χ0n) is 12.0. The summed E-state index contributed by atoms with van der Waals surface area (Å²) >= 11 is 0. The molecule has 0 bridgehead atoms. The van der Waals surface area contributed by atoms with Gasteiger partial charge in [0, 0.05) is 6.07 Å². The molecular formula is C15H22ClNO3. The molecule has 1 saturated carbocycles. The first-order chi connectivity index (χ1) is 9.24. The van der Waals surface area contributed by atoms with Gasteiger partial charge in [0.25, 0.3) is 0 Å². The molecule has 0 aromatic heterocycles. The first-order valence-electron chi connectivity index (χ1n) is 6.81. The van der Waals surface area contributed by atoms with Gasteiger partial charge < -0.3 is 14.2 Å². The largest absolute Gasteiger partial charge is 0.497 e. The van der Waals surface area contributed by atoms with Crippen LogP contribution in [0.3, 0.4) is 0 Å². The van der Waals surface area contributed by atoms with Gasteiger partial charge in [-0.1, -0.05) is 0 Å². The van der Waals surface area contributed by atoms with Crippen LogP contribution in [0.5, 0.6) is 11.5 Å². The van der Waals surface area contributed by atoms with Crippen LogP contribution < -0.4 is 9.47 Å². The smallest absolute Gasteiger partial charge is 0.217 e. The van der Waals surface area contributed by atoms with E-state index in [1.807, 2.05) is 25.1 Å². The second kappa shape index (κ2) is 8.00. The van der Waals surface area contributed by atoms with Crippen LogP contribution in [0.15, 0.2) is 18.2 Å². The van der Waals surface area contributed by atoms with Gasteiger partial charge in [0.05, 0.1) is 25.4 Å². The van der Waals surface area contributed by atoms with Crippen LogP contribution >= 0.6 is 12.4 Å². The van der Waals surface area contributed by atoms with Crippen LogP contribution in [0.2, 0.25) is 0 Å². The molecule has 5 heteroatoms. The van der Waals surface area contributed by atoms with Crippen molar-refractivity contribution < 1.29 is 14.2 Å². The highest BCUT2D eigenvalue weighted by atomic mass is 35.5. The van der Waals surface area contributed by atoms with Crippen molar-refractivity contribution in [2.75, 3.05) is 13.7 Å². The number of ether oxygens (including phenoxy) is 3. The topological polar surface area (TPSA) is 51.5 Å². The molecule has 0 saturated heterocycles. The van der Waals surface area contributed by atoms with Crippen LogP contribution in [0.25, 0.3) is 0 Å². The lowest BCUT2D eigenvalue weighted by Crippen LogP contribution is -2.15. The number of halogens is 1. The molecule has 0 aliphatic heterocycles. The molecule has 0 heterocycles. The third-order valence-electron chi connectivity index (χ3n) is 3.32. The van der Waals surface area contributed by atoms with Gasteiger partial charge in [-0.25, -0.2) is 0 Å². The number of nitrogens with one attached hydrogen (secondary N) is 1. The standard InChI is InChI=1S/C15H21NO3.ClH/c1-3-18-15(16)13-9-8-12(17-2)10-14(13)19-11-6-4-5-7-11;/h8-11,16H,3-7H2,1-2H3;1H. The number of benzene rings is 1. The fourth-order valence-corrected chi connectivity index (χ4v) is 2.32. The van der Waals surface area contributed by atoms with Gasteiger partial charge in [0.1, 0.15) is 11.5 Å². The van der Waals surface area contributed by atoms with E-state index in [2.05, 4.69) is 0 Å². The van der Waals surface area contributed by atoms with E-state index < -0.39 is 0 Å². The molecule has 4 nitrogen and oxygen atoms in total. The highest BCUT2D eigenvalue weighted by Crippen LogP contribution is 2.30. The summed E-state index contributed by atoms with van der Waals surface area (Å²) < 4.78 is 16.5. The summed E-state index contributed by atoms with van der Waals surface area (Å²) in [7, 11) is 1.63. The molecule has 0 spiro atoms. The van der Waals surface area contributed by atoms with Crippen LogP contribution in [-0.2, 0) is 4.74 Å². The van der Waals surface area contributed by atoms with Gasteiger partial charge in [-0.15, -0.1) is 12.4 Å². The molecule has 1 aromatic carbocycles. The molecule has 0 radical (unpaired) electrons. The fraction of sp³-hybridized carbons (Fsp3) is 0.533. The first kappa shape index (κ1) is 16.6. The minimum atomic E-state index is 0. The van der Waals surface area contributed by atoms with E-state index in [-0.39, 0.29) is 24.4 Å². The lowest BCUT2D eigenvalue weighted by atomic mass is 10.1. The summed E-state index contributed by atoms with van der Waals surface area (Å²) in [6.07, 6.45) is 4.84. The van der Waals surface area contributed by atoms with Crippen molar-refractivity contribution in [2.24, 2.45) is 0 Å². The Bertz CT molecular complexity index is 445. The Labute approximate surface area is 126 Å². The summed E-state index contributed by atoms with van der Waals surface area (Å²) in [6.45, 7) is 2.35. The molecule has 0 atom stereocenters. The van der Waals surface area contributed by atoms with Gasteiger partial charge in [0.15, 0.2) is 0 Å². The predicted molar refractivity (Wildman–Crippen MR) is 81.6 cm³/mol. The van der Waals surface area contributed by atoms with Crippen molar-refractivity contribution in [1.29, 1.82) is 5.41 Å². The van der Waals surface area contributed by atoms with Gasteiger partial charge in [-0.2, -0.15) is 0 Å². The molecule has 1 fully saturated rings. The zero-order valence-corrected chi connectivity index (χ0v) is 12.8. The maximum Gasteiger partial charge on any atom is 0.217 e. The van der Waals surface area contributed by atoms with E-state index in [0.717, 1.165) is 18.6 Å². The summed E-state index contributed by atoms with van der Waals surface area (Å²) in [6, 6.07) is 5.48. The van der Waals surface area contributed by atoms with Crippen molar-refractivity contribution in [3.63, 3.8) is 0 Å². The Morgan fingerprint density at radius 2 is 2.00 bits per heavy atom. The minimum absolute atomic E-state index is 0. The van der Waals surface area contributed by atoms with Gasteiger partial charge in [0.2, 0.25) is 5.90 Å². The molecule has 1 aromatic rings. The van der Waals surface area contributed by atoms with Gasteiger partial charge >= 0.3 is 0 Å². The Morgan fingerprint density at radius 1 is 1.30 bits per heavy atom. The van der Waals surface area contributed by atoms with E-state index in [0.29, 0.717) is 17.9 Å². The first-order valence-corrected chi connectivity index (χ1v) is 6.81. The molecule has 1 aliphatic rings. The third kappa shape index (κ3) is 4.04. The summed E-state index contributed by atoms with van der Waals surface area (Å²) in [5.41, 5.74) is 0.689. The average molecular weight is 300 g/mol. The number of hydrogen-bond acceptors (Lipinski definition) is 4.